The van der Waals surface area contributed by atoms with E-state index in [2.05, 4.69) is 142 Å². The lowest BCUT2D eigenvalue weighted by atomic mass is 9.98. The molecular weight excluding hydrogens is 703 g/mol. The van der Waals surface area contributed by atoms with Crippen molar-refractivity contribution in [2.45, 2.75) is 0 Å². The third-order valence-corrected chi connectivity index (χ3v) is 10.1. The summed E-state index contributed by atoms with van der Waals surface area (Å²) in [6.07, 6.45) is 0. The average molecular weight is 736 g/mol. The smallest absolute Gasteiger partial charge is 0.331 e. The van der Waals surface area contributed by atoms with Gasteiger partial charge >= 0.3 is 18.0 Å². The van der Waals surface area contributed by atoms with Gasteiger partial charge in [0.1, 0.15) is 17.2 Å². The Balaban J connectivity index is 0.945. The van der Waals surface area contributed by atoms with E-state index < -0.39 is 0 Å². The molecule has 10 rings (SSSR count). The molecule has 0 atom stereocenters. The molecule has 0 amide bonds. The minimum Gasteiger partial charge on any atom is -0.424 e. The predicted molar refractivity (Wildman–Crippen MR) is 228 cm³/mol. The highest BCUT2D eigenvalue weighted by atomic mass is 16.5. The molecule has 1 aromatic heterocycles. The van der Waals surface area contributed by atoms with Gasteiger partial charge in [0.2, 0.25) is 0 Å². The van der Waals surface area contributed by atoms with Gasteiger partial charge in [0.15, 0.2) is 0 Å². The first kappa shape index (κ1) is 33.7. The van der Waals surface area contributed by atoms with Crippen LogP contribution in [0, 0.1) is 0 Å². The lowest BCUT2D eigenvalue weighted by molar-refractivity contribution is 0.362. The Kier molecular flexibility index (Phi) is 8.74. The molecule has 0 aliphatic carbocycles. The molecule has 0 bridgehead atoms. The third-order valence-electron chi connectivity index (χ3n) is 10.1. The van der Waals surface area contributed by atoms with Gasteiger partial charge < -0.3 is 14.2 Å². The van der Waals surface area contributed by atoms with E-state index in [1.807, 2.05) is 72.8 Å². The molecule has 0 saturated carbocycles. The predicted octanol–water partition coefficient (Wildman–Crippen LogP) is 13.7. The minimum atomic E-state index is 0.0349. The average Bonchev–Trinajstić information content (AvgIpc) is 3.27. The van der Waals surface area contributed by atoms with Gasteiger partial charge in [-0.05, 0) is 102 Å². The molecule has 0 N–H and O–H groups in total. The van der Waals surface area contributed by atoms with Gasteiger partial charge in [-0.3, -0.25) is 0 Å². The van der Waals surface area contributed by atoms with E-state index in [0.717, 1.165) is 33.4 Å². The van der Waals surface area contributed by atoms with Gasteiger partial charge in [0.25, 0.3) is 0 Å². The maximum absolute atomic E-state index is 6.23. The highest BCUT2D eigenvalue weighted by Gasteiger charge is 2.15. The van der Waals surface area contributed by atoms with Gasteiger partial charge in [-0.1, -0.05) is 164 Å². The number of hydrogen-bond acceptors (Lipinski definition) is 6. The maximum atomic E-state index is 6.23. The van der Waals surface area contributed by atoms with Gasteiger partial charge in [-0.25, -0.2) is 0 Å². The van der Waals surface area contributed by atoms with Gasteiger partial charge in [0, 0.05) is 0 Å². The van der Waals surface area contributed by atoms with Crippen molar-refractivity contribution in [2.75, 3.05) is 0 Å². The van der Waals surface area contributed by atoms with E-state index in [1.165, 1.54) is 32.3 Å². The molecule has 9 aromatic carbocycles. The minimum absolute atomic E-state index is 0.0349. The summed E-state index contributed by atoms with van der Waals surface area (Å²) >= 11 is 0. The Morgan fingerprint density at radius 3 is 0.807 bits per heavy atom. The first-order valence-electron chi connectivity index (χ1n) is 18.7. The number of hydrogen-bond donors (Lipinski definition) is 0. The largest absolute Gasteiger partial charge is 0.424 e. The van der Waals surface area contributed by atoms with E-state index >= 15 is 0 Å². The van der Waals surface area contributed by atoms with Crippen molar-refractivity contribution in [1.29, 1.82) is 0 Å². The van der Waals surface area contributed by atoms with Crippen molar-refractivity contribution in [3.05, 3.63) is 200 Å². The first-order valence-corrected chi connectivity index (χ1v) is 18.7. The molecule has 0 radical (unpaired) electrons. The second-order valence-electron chi connectivity index (χ2n) is 13.6. The molecule has 57 heavy (non-hydrogen) atoms. The maximum Gasteiger partial charge on any atom is 0.331 e. The lowest BCUT2D eigenvalue weighted by Crippen LogP contribution is -2.01. The van der Waals surface area contributed by atoms with E-state index in [9.17, 15) is 0 Å². The Hall–Kier alpha value is -7.83. The summed E-state index contributed by atoms with van der Waals surface area (Å²) in [5, 5.41) is 7.12. The molecule has 0 fully saturated rings. The van der Waals surface area contributed by atoms with Crippen molar-refractivity contribution >= 4 is 32.3 Å². The number of aromatic nitrogens is 3. The van der Waals surface area contributed by atoms with Crippen LogP contribution in [-0.4, -0.2) is 15.0 Å². The third kappa shape index (κ3) is 6.99. The first-order chi connectivity index (χ1) is 28.2. The summed E-state index contributed by atoms with van der Waals surface area (Å²) in [5.74, 6) is 1.67. The molecular formula is C51H33N3O3. The molecule has 0 unspecified atom stereocenters. The molecule has 10 aromatic rings. The van der Waals surface area contributed by atoms with Crippen LogP contribution in [-0.2, 0) is 0 Å². The van der Waals surface area contributed by atoms with Crippen LogP contribution in [0.15, 0.2) is 200 Å². The summed E-state index contributed by atoms with van der Waals surface area (Å²) in [5.41, 5.74) is 6.64. The Morgan fingerprint density at radius 1 is 0.246 bits per heavy atom. The van der Waals surface area contributed by atoms with Crippen LogP contribution >= 0.6 is 0 Å². The Morgan fingerprint density at radius 2 is 0.509 bits per heavy atom. The number of rotatable bonds is 9. The van der Waals surface area contributed by atoms with Gasteiger partial charge in [-0.2, -0.15) is 0 Å². The number of benzene rings is 9. The van der Waals surface area contributed by atoms with E-state index in [1.54, 1.807) is 0 Å². The van der Waals surface area contributed by atoms with E-state index in [4.69, 9.17) is 14.2 Å². The van der Waals surface area contributed by atoms with Crippen LogP contribution < -0.4 is 14.2 Å². The molecule has 6 nitrogen and oxygen atoms in total. The van der Waals surface area contributed by atoms with Crippen molar-refractivity contribution in [2.24, 2.45) is 0 Å². The van der Waals surface area contributed by atoms with Crippen molar-refractivity contribution in [1.82, 2.24) is 15.0 Å². The SMILES string of the molecule is c1ccc2c(-c3ccc(Oc4nc(Oc5ccc(-c6cccc7ccccc67)cc5)nc(Oc5ccc(-c6cccc7ccccc67)cc5)n4)cc3)cccc2c1. The topological polar surface area (TPSA) is 66.4 Å². The highest BCUT2D eigenvalue weighted by Crippen LogP contribution is 2.35. The summed E-state index contributed by atoms with van der Waals surface area (Å²) in [6.45, 7) is 0. The lowest BCUT2D eigenvalue weighted by Gasteiger charge is -2.12. The Labute approximate surface area is 329 Å². The van der Waals surface area contributed by atoms with Crippen LogP contribution in [0.2, 0.25) is 0 Å². The quantitative estimate of drug-likeness (QED) is 0.147. The number of fused-ring (bicyclic) bond motifs is 3. The zero-order valence-electron chi connectivity index (χ0n) is 30.6. The molecule has 6 heteroatoms. The monoisotopic (exact) mass is 735 g/mol. The normalized spacial score (nSPS) is 11.2. The van der Waals surface area contributed by atoms with Crippen LogP contribution in [0.4, 0.5) is 0 Å². The zero-order chi connectivity index (χ0) is 38.0. The molecule has 0 aliphatic heterocycles. The summed E-state index contributed by atoms with van der Waals surface area (Å²) in [7, 11) is 0. The second kappa shape index (κ2) is 14.8. The van der Waals surface area contributed by atoms with Crippen LogP contribution in [0.25, 0.3) is 65.7 Å². The van der Waals surface area contributed by atoms with Crippen LogP contribution in [0.1, 0.15) is 0 Å². The Bertz CT molecular complexity index is 2680. The molecule has 0 aliphatic rings. The van der Waals surface area contributed by atoms with Crippen molar-refractivity contribution in [3.63, 3.8) is 0 Å². The summed E-state index contributed by atoms with van der Waals surface area (Å²) in [4.78, 5) is 13.6. The van der Waals surface area contributed by atoms with Crippen LogP contribution in [0.5, 0.6) is 35.3 Å². The van der Waals surface area contributed by atoms with E-state index in [-0.39, 0.29) is 18.0 Å². The van der Waals surface area contributed by atoms with Gasteiger partial charge in [0.05, 0.1) is 0 Å². The van der Waals surface area contributed by atoms with Gasteiger partial charge in [-0.15, -0.1) is 15.0 Å². The zero-order valence-corrected chi connectivity index (χ0v) is 30.6. The van der Waals surface area contributed by atoms with Crippen LogP contribution in [0.3, 0.4) is 0 Å². The number of nitrogens with zero attached hydrogens (tertiary/aromatic N) is 3. The highest BCUT2D eigenvalue weighted by molar-refractivity contribution is 5.98. The fraction of sp³-hybridized carbons (Fsp3) is 0. The van der Waals surface area contributed by atoms with E-state index in [0.29, 0.717) is 17.2 Å². The summed E-state index contributed by atoms with van der Waals surface area (Å²) in [6, 6.07) is 67.8. The van der Waals surface area contributed by atoms with Crippen molar-refractivity contribution in [3.8, 4) is 68.7 Å². The molecule has 0 spiro atoms. The molecule has 0 saturated heterocycles. The number of ether oxygens (including phenoxy) is 3. The fourth-order valence-electron chi connectivity index (χ4n) is 7.31. The second-order valence-corrected chi connectivity index (χ2v) is 13.6. The van der Waals surface area contributed by atoms with Crippen molar-refractivity contribution < 1.29 is 14.2 Å². The fourth-order valence-corrected chi connectivity index (χ4v) is 7.31. The molecule has 270 valence electrons. The summed E-state index contributed by atoms with van der Waals surface area (Å²) < 4.78 is 18.7. The molecule has 1 heterocycles. The standard InChI is InChI=1S/C51H33N3O3/c1-4-16-43-34(10-1)13-7-19-46(43)37-22-28-40(29-23-37)55-49-52-50(56-41-30-24-38(25-31-41)47-20-8-14-35-11-2-5-17-44(35)47)54-51(53-49)57-42-32-26-39(27-33-42)48-21-9-15-36-12-3-6-18-45(36)48/h1-33H.